The Bertz CT molecular complexity index is 168. The molecule has 0 radical (unpaired) electrons. The highest BCUT2D eigenvalue weighted by Crippen LogP contribution is 2.27. The molecule has 0 spiro atoms. The van der Waals surface area contributed by atoms with Crippen LogP contribution in [0, 0.1) is 0 Å². The lowest BCUT2D eigenvalue weighted by molar-refractivity contribution is -0.122. The predicted molar refractivity (Wildman–Crippen MR) is 47.4 cm³/mol. The van der Waals surface area contributed by atoms with Gasteiger partial charge in [0, 0.05) is 19.1 Å². The van der Waals surface area contributed by atoms with Crippen molar-refractivity contribution < 1.29 is 4.79 Å². The molecule has 1 rings (SSSR count). The molecule has 4 N–H and O–H groups in total. The zero-order valence-corrected chi connectivity index (χ0v) is 7.49. The fourth-order valence-electron chi connectivity index (χ4n) is 1.41. The molecule has 70 valence electrons. The van der Waals surface area contributed by atoms with Gasteiger partial charge in [0.15, 0.2) is 0 Å². The highest BCUT2D eigenvalue weighted by Gasteiger charge is 2.33. The smallest absolute Gasteiger partial charge is 0.234 e. The molecule has 1 unspecified atom stereocenters. The molecule has 0 bridgehead atoms. The van der Waals surface area contributed by atoms with Crippen molar-refractivity contribution in [2.45, 2.75) is 31.8 Å². The summed E-state index contributed by atoms with van der Waals surface area (Å²) >= 11 is 0. The summed E-state index contributed by atoms with van der Waals surface area (Å²) in [5.74, 6) is -0.254. The zero-order valence-electron chi connectivity index (χ0n) is 7.49. The molecular formula is C8H17N3O. The number of hydrogen-bond acceptors (Lipinski definition) is 3. The summed E-state index contributed by atoms with van der Waals surface area (Å²) in [4.78, 5) is 13.0. The van der Waals surface area contributed by atoms with Crippen LogP contribution >= 0.6 is 0 Å². The maximum absolute atomic E-state index is 10.9. The van der Waals surface area contributed by atoms with Crippen LogP contribution in [0.5, 0.6) is 0 Å². The first kappa shape index (κ1) is 9.48. The number of primary amides is 1. The third-order valence-electron chi connectivity index (χ3n) is 2.31. The molecule has 0 saturated heterocycles. The van der Waals surface area contributed by atoms with Gasteiger partial charge in [-0.2, -0.15) is 0 Å². The van der Waals surface area contributed by atoms with Crippen molar-refractivity contribution >= 4 is 5.91 Å². The maximum atomic E-state index is 10.9. The third-order valence-corrected chi connectivity index (χ3v) is 2.31. The van der Waals surface area contributed by atoms with Gasteiger partial charge in [0.2, 0.25) is 5.91 Å². The minimum atomic E-state index is -0.254. The second kappa shape index (κ2) is 3.87. The van der Waals surface area contributed by atoms with Gasteiger partial charge in [-0.15, -0.1) is 0 Å². The van der Waals surface area contributed by atoms with Crippen molar-refractivity contribution in [3.05, 3.63) is 0 Å². The van der Waals surface area contributed by atoms with E-state index in [1.165, 1.54) is 12.8 Å². The molecule has 0 aromatic carbocycles. The van der Waals surface area contributed by atoms with Crippen molar-refractivity contribution in [3.63, 3.8) is 0 Å². The molecule has 0 aromatic heterocycles. The number of carbonyl (C=O) groups is 1. The molecule has 0 aliphatic heterocycles. The summed E-state index contributed by atoms with van der Waals surface area (Å²) in [5.41, 5.74) is 10.7. The lowest BCUT2D eigenvalue weighted by Crippen LogP contribution is -2.46. The molecule has 4 heteroatoms. The normalized spacial score (nSPS) is 19.6. The third kappa shape index (κ3) is 2.19. The summed E-state index contributed by atoms with van der Waals surface area (Å²) < 4.78 is 0. The average Bonchev–Trinajstić information content (AvgIpc) is 2.81. The lowest BCUT2D eigenvalue weighted by atomic mass is 10.2. The van der Waals surface area contributed by atoms with E-state index in [9.17, 15) is 4.79 Å². The first-order valence-electron chi connectivity index (χ1n) is 4.42. The van der Waals surface area contributed by atoms with Crippen LogP contribution < -0.4 is 11.5 Å². The zero-order chi connectivity index (χ0) is 9.14. The Balaban J connectivity index is 2.45. The van der Waals surface area contributed by atoms with Crippen LogP contribution in [0.4, 0.5) is 0 Å². The van der Waals surface area contributed by atoms with E-state index < -0.39 is 0 Å². The van der Waals surface area contributed by atoms with Crippen LogP contribution in [-0.2, 0) is 4.79 Å². The minimum absolute atomic E-state index is 0.166. The fourth-order valence-corrected chi connectivity index (χ4v) is 1.41. The molecule has 0 aromatic rings. The van der Waals surface area contributed by atoms with Crippen molar-refractivity contribution in [1.29, 1.82) is 0 Å². The number of amides is 1. The molecule has 1 saturated carbocycles. The van der Waals surface area contributed by atoms with E-state index in [4.69, 9.17) is 11.5 Å². The van der Waals surface area contributed by atoms with Crippen LogP contribution in [0.2, 0.25) is 0 Å². The van der Waals surface area contributed by atoms with Crippen molar-refractivity contribution in [2.24, 2.45) is 11.5 Å². The van der Waals surface area contributed by atoms with Gasteiger partial charge in [0.05, 0.1) is 6.04 Å². The first-order chi connectivity index (χ1) is 5.66. The monoisotopic (exact) mass is 171 g/mol. The second-order valence-corrected chi connectivity index (χ2v) is 3.34. The molecule has 1 amide bonds. The Labute approximate surface area is 72.9 Å². The number of rotatable bonds is 5. The summed E-state index contributed by atoms with van der Waals surface area (Å²) in [6.07, 6.45) is 2.36. The highest BCUT2D eigenvalue weighted by molar-refractivity contribution is 5.79. The van der Waals surface area contributed by atoms with E-state index >= 15 is 0 Å². The molecular weight excluding hydrogens is 154 g/mol. The Morgan fingerprint density at radius 3 is 2.58 bits per heavy atom. The second-order valence-electron chi connectivity index (χ2n) is 3.34. The maximum Gasteiger partial charge on any atom is 0.234 e. The summed E-state index contributed by atoms with van der Waals surface area (Å²) in [7, 11) is 0. The summed E-state index contributed by atoms with van der Waals surface area (Å²) in [5, 5.41) is 0. The van der Waals surface area contributed by atoms with E-state index in [1.54, 1.807) is 0 Å². The lowest BCUT2D eigenvalue weighted by Gasteiger charge is -2.25. The fraction of sp³-hybridized carbons (Fsp3) is 0.875. The topological polar surface area (TPSA) is 72.4 Å². The number of nitrogens with zero attached hydrogens (tertiary/aromatic N) is 1. The van der Waals surface area contributed by atoms with Gasteiger partial charge in [-0.1, -0.05) is 0 Å². The highest BCUT2D eigenvalue weighted by atomic mass is 16.1. The molecule has 1 aliphatic carbocycles. The van der Waals surface area contributed by atoms with E-state index in [0.29, 0.717) is 12.6 Å². The molecule has 0 heterocycles. The van der Waals surface area contributed by atoms with Crippen molar-refractivity contribution in [1.82, 2.24) is 4.90 Å². The average molecular weight is 171 g/mol. The molecule has 1 atom stereocenters. The van der Waals surface area contributed by atoms with Gasteiger partial charge in [-0.25, -0.2) is 0 Å². The molecule has 1 fully saturated rings. The predicted octanol–water partition coefficient (Wildman–Crippen LogP) is -0.717. The van der Waals surface area contributed by atoms with E-state index in [1.807, 2.05) is 6.92 Å². The standard InChI is InChI=1S/C8H17N3O/c1-6(8(10)12)11(5-4-9)7-2-3-7/h6-7H,2-5,9H2,1H3,(H2,10,12). The van der Waals surface area contributed by atoms with Gasteiger partial charge < -0.3 is 11.5 Å². The van der Waals surface area contributed by atoms with E-state index in [-0.39, 0.29) is 11.9 Å². The van der Waals surface area contributed by atoms with Crippen molar-refractivity contribution in [2.75, 3.05) is 13.1 Å². The molecule has 12 heavy (non-hydrogen) atoms. The SMILES string of the molecule is CC(C(N)=O)N(CCN)C1CC1. The van der Waals surface area contributed by atoms with E-state index in [0.717, 1.165) is 6.54 Å². The Morgan fingerprint density at radius 1 is 1.67 bits per heavy atom. The Morgan fingerprint density at radius 2 is 2.25 bits per heavy atom. The number of nitrogens with two attached hydrogens (primary N) is 2. The van der Waals surface area contributed by atoms with E-state index in [2.05, 4.69) is 4.90 Å². The molecule has 1 aliphatic rings. The Kier molecular flexibility index (Phi) is 3.05. The minimum Gasteiger partial charge on any atom is -0.368 e. The van der Waals surface area contributed by atoms with Crippen LogP contribution in [0.3, 0.4) is 0 Å². The van der Waals surface area contributed by atoms with Gasteiger partial charge in [0.25, 0.3) is 0 Å². The number of hydrogen-bond donors (Lipinski definition) is 2. The van der Waals surface area contributed by atoms with Crippen LogP contribution in [0.15, 0.2) is 0 Å². The Hall–Kier alpha value is -0.610. The first-order valence-corrected chi connectivity index (χ1v) is 4.42. The van der Waals surface area contributed by atoms with Crippen LogP contribution in [-0.4, -0.2) is 36.0 Å². The van der Waals surface area contributed by atoms with Crippen LogP contribution in [0.1, 0.15) is 19.8 Å². The molecule has 4 nitrogen and oxygen atoms in total. The van der Waals surface area contributed by atoms with Gasteiger partial charge in [0.1, 0.15) is 0 Å². The van der Waals surface area contributed by atoms with Crippen LogP contribution in [0.25, 0.3) is 0 Å². The quantitative estimate of drug-likeness (QED) is 0.573. The summed E-state index contributed by atoms with van der Waals surface area (Å²) in [6, 6.07) is 0.386. The van der Waals surface area contributed by atoms with Crippen molar-refractivity contribution in [3.8, 4) is 0 Å². The summed E-state index contributed by atoms with van der Waals surface area (Å²) in [6.45, 7) is 3.21. The number of carbonyl (C=O) groups excluding carboxylic acids is 1. The largest absolute Gasteiger partial charge is 0.368 e. The van der Waals surface area contributed by atoms with Gasteiger partial charge in [-0.3, -0.25) is 9.69 Å². The van der Waals surface area contributed by atoms with Gasteiger partial charge in [-0.05, 0) is 19.8 Å². The van der Waals surface area contributed by atoms with Gasteiger partial charge >= 0.3 is 0 Å².